The lowest BCUT2D eigenvalue weighted by molar-refractivity contribution is -0.135. The highest BCUT2D eigenvalue weighted by Gasteiger charge is 2.40. The number of ether oxygens (including phenoxy) is 2. The molecule has 1 aromatic carbocycles. The molecule has 152 valence electrons. The quantitative estimate of drug-likeness (QED) is 0.804. The molecule has 2 heterocycles. The molecule has 1 unspecified atom stereocenters. The largest absolute Gasteiger partial charge is 0.497 e. The molecule has 1 aromatic rings. The first-order valence-corrected chi connectivity index (χ1v) is 9.54. The summed E-state index contributed by atoms with van der Waals surface area (Å²) in [6.45, 7) is 4.49. The maximum Gasteiger partial charge on any atom is 0.255 e. The van der Waals surface area contributed by atoms with E-state index in [1.165, 1.54) is 0 Å². The number of nitrogens with one attached hydrogen (secondary N) is 2. The van der Waals surface area contributed by atoms with Gasteiger partial charge in [0, 0.05) is 31.5 Å². The summed E-state index contributed by atoms with van der Waals surface area (Å²) in [5.41, 5.74) is -0.256. The van der Waals surface area contributed by atoms with Crippen LogP contribution in [0.1, 0.15) is 43.5 Å². The van der Waals surface area contributed by atoms with E-state index >= 15 is 0 Å². The third kappa shape index (κ3) is 4.37. The topological polar surface area (TPSA) is 97.0 Å². The highest BCUT2D eigenvalue weighted by Crippen LogP contribution is 2.35. The lowest BCUT2D eigenvalue weighted by Gasteiger charge is -2.32. The molecule has 8 nitrogen and oxygen atoms in total. The van der Waals surface area contributed by atoms with Gasteiger partial charge in [0.2, 0.25) is 11.8 Å². The number of fused-ring (bicyclic) bond motifs is 1. The molecule has 28 heavy (non-hydrogen) atoms. The van der Waals surface area contributed by atoms with E-state index in [1.54, 1.807) is 30.2 Å². The first-order valence-electron chi connectivity index (χ1n) is 9.54. The van der Waals surface area contributed by atoms with Crippen molar-refractivity contribution in [1.82, 2.24) is 15.5 Å². The van der Waals surface area contributed by atoms with Crippen molar-refractivity contribution in [3.05, 3.63) is 23.8 Å². The number of hydrogen-bond acceptors (Lipinski definition) is 5. The summed E-state index contributed by atoms with van der Waals surface area (Å²) in [5, 5.41) is 5.72. The Kier molecular flexibility index (Phi) is 5.76. The number of nitrogens with zero attached hydrogens (tertiary/aromatic N) is 1. The third-order valence-electron chi connectivity index (χ3n) is 5.10. The number of likely N-dealkylation sites (tertiary alicyclic amines) is 1. The molecule has 1 fully saturated rings. The highest BCUT2D eigenvalue weighted by molar-refractivity contribution is 5.97. The molecular weight excluding hydrogens is 362 g/mol. The number of hydrogen-bond donors (Lipinski definition) is 2. The van der Waals surface area contributed by atoms with Crippen molar-refractivity contribution in [3.63, 3.8) is 0 Å². The number of rotatable bonds is 4. The van der Waals surface area contributed by atoms with Crippen molar-refractivity contribution >= 4 is 17.7 Å². The van der Waals surface area contributed by atoms with E-state index < -0.39 is 5.60 Å². The van der Waals surface area contributed by atoms with Crippen LogP contribution in [0.5, 0.6) is 11.5 Å². The van der Waals surface area contributed by atoms with Crippen LogP contribution in [-0.4, -0.2) is 61.0 Å². The maximum atomic E-state index is 12.5. The van der Waals surface area contributed by atoms with Crippen LogP contribution in [0.2, 0.25) is 0 Å². The predicted octanol–water partition coefficient (Wildman–Crippen LogP) is 1.09. The van der Waals surface area contributed by atoms with Crippen LogP contribution >= 0.6 is 0 Å². The van der Waals surface area contributed by atoms with E-state index in [0.29, 0.717) is 43.0 Å². The van der Waals surface area contributed by atoms with Gasteiger partial charge in [0.05, 0.1) is 25.8 Å². The first-order chi connectivity index (χ1) is 13.3. The van der Waals surface area contributed by atoms with Gasteiger partial charge in [-0.3, -0.25) is 14.4 Å². The molecule has 0 aromatic heterocycles. The minimum atomic E-state index is -0.702. The Labute approximate surface area is 164 Å². The fourth-order valence-corrected chi connectivity index (χ4v) is 3.58. The minimum Gasteiger partial charge on any atom is -0.497 e. The summed E-state index contributed by atoms with van der Waals surface area (Å²) in [4.78, 5) is 38.6. The molecular formula is C20H27N3O5. The summed E-state index contributed by atoms with van der Waals surface area (Å²) in [7, 11) is 1.55. The van der Waals surface area contributed by atoms with Gasteiger partial charge in [-0.15, -0.1) is 0 Å². The van der Waals surface area contributed by atoms with Gasteiger partial charge in [0.1, 0.15) is 17.1 Å². The lowest BCUT2D eigenvalue weighted by Crippen LogP contribution is -2.46. The van der Waals surface area contributed by atoms with Crippen molar-refractivity contribution in [2.45, 2.75) is 44.8 Å². The Bertz CT molecular complexity index is 779. The summed E-state index contributed by atoms with van der Waals surface area (Å²) in [6.07, 6.45) is 1.24. The average molecular weight is 389 g/mol. The second-order valence-corrected chi connectivity index (χ2v) is 7.62. The van der Waals surface area contributed by atoms with E-state index in [2.05, 4.69) is 10.6 Å². The van der Waals surface area contributed by atoms with Crippen molar-refractivity contribution < 1.29 is 23.9 Å². The van der Waals surface area contributed by atoms with Crippen LogP contribution in [0, 0.1) is 0 Å². The molecule has 0 saturated carbocycles. The second kappa shape index (κ2) is 8.08. The Morgan fingerprint density at radius 3 is 2.86 bits per heavy atom. The van der Waals surface area contributed by atoms with Crippen LogP contribution < -0.4 is 20.1 Å². The molecule has 2 aliphatic rings. The predicted molar refractivity (Wildman–Crippen MR) is 102 cm³/mol. The summed E-state index contributed by atoms with van der Waals surface area (Å²) < 4.78 is 11.5. The molecule has 3 rings (SSSR count). The van der Waals surface area contributed by atoms with E-state index in [9.17, 15) is 14.4 Å². The minimum absolute atomic E-state index is 0.0211. The third-order valence-corrected chi connectivity index (χ3v) is 5.10. The van der Waals surface area contributed by atoms with Gasteiger partial charge in [0.25, 0.3) is 5.91 Å². The Balaban J connectivity index is 1.78. The number of methoxy groups -OCH3 is 1. The first kappa shape index (κ1) is 20.0. The van der Waals surface area contributed by atoms with Crippen LogP contribution in [0.15, 0.2) is 18.2 Å². The fraction of sp³-hybridized carbons (Fsp3) is 0.550. The SMILES string of the molecule is COc1ccc2c(c1)OC1(CCC(=O)N(CC(=O)NC(C)C)CC1)CNC2=O. The molecule has 2 aliphatic heterocycles. The molecule has 8 heteroatoms. The number of carbonyl (C=O) groups excluding carboxylic acids is 3. The van der Waals surface area contributed by atoms with Crippen LogP contribution in [0.4, 0.5) is 0 Å². The summed E-state index contributed by atoms with van der Waals surface area (Å²) in [5.74, 6) is 0.580. The van der Waals surface area contributed by atoms with E-state index in [0.717, 1.165) is 0 Å². The molecule has 0 bridgehead atoms. The number of amides is 3. The van der Waals surface area contributed by atoms with Crippen LogP contribution in [-0.2, 0) is 9.59 Å². The standard InChI is InChI=1S/C20H27N3O5/c1-13(2)22-17(24)11-23-9-8-20(7-6-18(23)25)12-21-19(26)15-5-4-14(27-3)10-16(15)28-20/h4-5,10,13H,6-9,11-12H2,1-3H3,(H,21,26)(H,22,24). The Hall–Kier alpha value is -2.77. The Morgan fingerprint density at radius 1 is 1.36 bits per heavy atom. The van der Waals surface area contributed by atoms with Gasteiger partial charge in [-0.1, -0.05) is 0 Å². The van der Waals surface area contributed by atoms with Gasteiger partial charge < -0.3 is 25.0 Å². The normalized spacial score (nSPS) is 22.1. The second-order valence-electron chi connectivity index (χ2n) is 7.62. The van der Waals surface area contributed by atoms with Gasteiger partial charge in [-0.25, -0.2) is 0 Å². The number of carbonyl (C=O) groups is 3. The van der Waals surface area contributed by atoms with Crippen LogP contribution in [0.3, 0.4) is 0 Å². The molecule has 0 radical (unpaired) electrons. The zero-order chi connectivity index (χ0) is 20.3. The van der Waals surface area contributed by atoms with Gasteiger partial charge in [-0.2, -0.15) is 0 Å². The van der Waals surface area contributed by atoms with Crippen molar-refractivity contribution in [3.8, 4) is 11.5 Å². The zero-order valence-electron chi connectivity index (χ0n) is 16.5. The van der Waals surface area contributed by atoms with Gasteiger partial charge >= 0.3 is 0 Å². The monoisotopic (exact) mass is 389 g/mol. The highest BCUT2D eigenvalue weighted by atomic mass is 16.5. The van der Waals surface area contributed by atoms with E-state index in [4.69, 9.17) is 9.47 Å². The fourth-order valence-electron chi connectivity index (χ4n) is 3.58. The van der Waals surface area contributed by atoms with Crippen molar-refractivity contribution in [2.75, 3.05) is 26.7 Å². The molecule has 1 spiro atoms. The van der Waals surface area contributed by atoms with E-state index in [-0.39, 0.29) is 36.7 Å². The molecule has 1 saturated heterocycles. The maximum absolute atomic E-state index is 12.5. The summed E-state index contributed by atoms with van der Waals surface area (Å²) in [6, 6.07) is 5.11. The average Bonchev–Trinajstić information content (AvgIpc) is 2.88. The smallest absolute Gasteiger partial charge is 0.255 e. The van der Waals surface area contributed by atoms with Gasteiger partial charge in [0.15, 0.2) is 0 Å². The molecule has 3 amide bonds. The van der Waals surface area contributed by atoms with E-state index in [1.807, 2.05) is 13.8 Å². The van der Waals surface area contributed by atoms with Crippen LogP contribution in [0.25, 0.3) is 0 Å². The summed E-state index contributed by atoms with van der Waals surface area (Å²) >= 11 is 0. The van der Waals surface area contributed by atoms with Crippen molar-refractivity contribution in [1.29, 1.82) is 0 Å². The van der Waals surface area contributed by atoms with Crippen molar-refractivity contribution in [2.24, 2.45) is 0 Å². The molecule has 2 N–H and O–H groups in total. The Morgan fingerprint density at radius 2 is 2.14 bits per heavy atom. The number of benzene rings is 1. The molecule has 1 atom stereocenters. The van der Waals surface area contributed by atoms with Gasteiger partial charge in [-0.05, 0) is 32.4 Å². The lowest BCUT2D eigenvalue weighted by atomic mass is 9.94. The molecule has 0 aliphatic carbocycles. The zero-order valence-corrected chi connectivity index (χ0v) is 16.5.